The molecule has 0 radical (unpaired) electrons. The Bertz CT molecular complexity index is 1020. The Morgan fingerprint density at radius 3 is 2.59 bits per heavy atom. The minimum absolute atomic E-state index is 0.161. The van der Waals surface area contributed by atoms with Gasteiger partial charge in [0, 0.05) is 23.4 Å². The molecule has 0 spiro atoms. The van der Waals surface area contributed by atoms with Crippen molar-refractivity contribution >= 4 is 27.3 Å². The lowest BCUT2D eigenvalue weighted by Gasteiger charge is -2.22. The molecule has 4 rings (SSSR count). The molecule has 1 N–H and O–H groups in total. The van der Waals surface area contributed by atoms with Gasteiger partial charge in [0.25, 0.3) is 5.91 Å². The Hall–Kier alpha value is -2.74. The Kier molecular flexibility index (Phi) is 4.22. The second kappa shape index (κ2) is 6.45. The van der Waals surface area contributed by atoms with Crippen LogP contribution in [0.2, 0.25) is 0 Å². The maximum absolute atomic E-state index is 12.6. The molecule has 0 aromatic heterocycles. The molecule has 2 aliphatic rings. The first-order valence-corrected chi connectivity index (χ1v) is 10.5. The number of carbonyl (C=O) groups excluding carboxylic acids is 1. The van der Waals surface area contributed by atoms with Gasteiger partial charge in [-0.3, -0.25) is 9.10 Å². The minimum Gasteiger partial charge on any atom is -0.486 e. The van der Waals surface area contributed by atoms with E-state index in [1.165, 1.54) is 10.6 Å². The van der Waals surface area contributed by atoms with Crippen LogP contribution in [0.1, 0.15) is 22.8 Å². The summed E-state index contributed by atoms with van der Waals surface area (Å²) in [5.74, 6) is 0.997. The second-order valence-electron chi connectivity index (χ2n) is 6.77. The molecule has 0 fully saturated rings. The molecule has 142 valence electrons. The number of nitrogens with one attached hydrogen (secondary N) is 1. The summed E-state index contributed by atoms with van der Waals surface area (Å²) in [6, 6.07) is 10.2. The molecule has 0 unspecified atom stereocenters. The first kappa shape index (κ1) is 17.7. The van der Waals surface area contributed by atoms with Crippen molar-refractivity contribution in [3.05, 3.63) is 47.5 Å². The van der Waals surface area contributed by atoms with Crippen LogP contribution in [0, 0.1) is 0 Å². The highest BCUT2D eigenvalue weighted by Gasteiger charge is 2.32. The van der Waals surface area contributed by atoms with Crippen LogP contribution in [0.5, 0.6) is 11.5 Å². The molecule has 1 atom stereocenters. The summed E-state index contributed by atoms with van der Waals surface area (Å²) in [6.07, 6.45) is 1.77. The van der Waals surface area contributed by atoms with Crippen LogP contribution in [0.15, 0.2) is 36.4 Å². The normalized spacial score (nSPS) is 18.1. The molecule has 0 saturated carbocycles. The standard InChI is InChI=1S/C19H20N2O5S/c1-12-9-14-10-13(3-5-16(14)21(12)27(2,23)24)19(22)20-15-4-6-17-18(11-15)26-8-7-25-17/h3-6,10-12H,7-9H2,1-2H3,(H,20,22)/t12-/m1/s1. The Balaban J connectivity index is 1.56. The van der Waals surface area contributed by atoms with Crippen LogP contribution in [0.3, 0.4) is 0 Å². The van der Waals surface area contributed by atoms with Crippen molar-refractivity contribution in [2.75, 3.05) is 29.1 Å². The number of rotatable bonds is 3. The van der Waals surface area contributed by atoms with E-state index in [9.17, 15) is 13.2 Å². The summed E-state index contributed by atoms with van der Waals surface area (Å²) in [5, 5.41) is 2.85. The van der Waals surface area contributed by atoms with E-state index in [1.54, 1.807) is 36.4 Å². The molecular weight excluding hydrogens is 368 g/mol. The van der Waals surface area contributed by atoms with Crippen molar-refractivity contribution in [2.45, 2.75) is 19.4 Å². The van der Waals surface area contributed by atoms with E-state index in [2.05, 4.69) is 5.32 Å². The van der Waals surface area contributed by atoms with Gasteiger partial charge in [-0.2, -0.15) is 0 Å². The summed E-state index contributed by atoms with van der Waals surface area (Å²) < 4.78 is 36.4. The minimum atomic E-state index is -3.35. The van der Waals surface area contributed by atoms with Gasteiger partial charge in [0.05, 0.1) is 11.9 Å². The van der Waals surface area contributed by atoms with Crippen molar-refractivity contribution in [3.63, 3.8) is 0 Å². The highest BCUT2D eigenvalue weighted by molar-refractivity contribution is 7.92. The van der Waals surface area contributed by atoms with Crippen molar-refractivity contribution in [1.29, 1.82) is 0 Å². The van der Waals surface area contributed by atoms with Gasteiger partial charge >= 0.3 is 0 Å². The molecular formula is C19H20N2O5S. The number of anilines is 2. The maximum atomic E-state index is 12.6. The number of fused-ring (bicyclic) bond motifs is 2. The molecule has 0 bridgehead atoms. The zero-order valence-corrected chi connectivity index (χ0v) is 15.9. The third kappa shape index (κ3) is 3.32. The molecule has 7 nitrogen and oxygen atoms in total. The van der Waals surface area contributed by atoms with E-state index in [4.69, 9.17) is 9.47 Å². The summed E-state index contributed by atoms with van der Waals surface area (Å²) >= 11 is 0. The molecule has 2 aromatic rings. The monoisotopic (exact) mass is 388 g/mol. The van der Waals surface area contributed by atoms with Crippen molar-refractivity contribution in [3.8, 4) is 11.5 Å². The van der Waals surface area contributed by atoms with Crippen LogP contribution in [0.4, 0.5) is 11.4 Å². The number of amides is 1. The zero-order chi connectivity index (χ0) is 19.2. The predicted octanol–water partition coefficient (Wildman–Crippen LogP) is 2.42. The molecule has 1 amide bonds. The lowest BCUT2D eigenvalue weighted by molar-refractivity contribution is 0.102. The third-order valence-corrected chi connectivity index (χ3v) is 5.92. The fourth-order valence-electron chi connectivity index (χ4n) is 3.57. The molecule has 2 aromatic carbocycles. The van der Waals surface area contributed by atoms with E-state index in [1.807, 2.05) is 6.92 Å². The van der Waals surface area contributed by atoms with E-state index in [-0.39, 0.29) is 11.9 Å². The van der Waals surface area contributed by atoms with E-state index in [0.717, 1.165) is 5.56 Å². The second-order valence-corrected chi connectivity index (χ2v) is 8.63. The largest absolute Gasteiger partial charge is 0.486 e. The van der Waals surface area contributed by atoms with Crippen LogP contribution in [-0.4, -0.2) is 39.8 Å². The maximum Gasteiger partial charge on any atom is 0.255 e. The number of benzene rings is 2. The first-order valence-electron chi connectivity index (χ1n) is 8.66. The number of hydrogen-bond acceptors (Lipinski definition) is 5. The van der Waals surface area contributed by atoms with E-state index >= 15 is 0 Å². The highest BCUT2D eigenvalue weighted by atomic mass is 32.2. The highest BCUT2D eigenvalue weighted by Crippen LogP contribution is 2.35. The van der Waals surface area contributed by atoms with Gasteiger partial charge in [-0.25, -0.2) is 8.42 Å². The molecule has 2 aliphatic heterocycles. The first-order chi connectivity index (χ1) is 12.8. The van der Waals surface area contributed by atoms with Crippen LogP contribution in [0.25, 0.3) is 0 Å². The number of sulfonamides is 1. The molecule has 27 heavy (non-hydrogen) atoms. The number of carbonyl (C=O) groups is 1. The van der Waals surface area contributed by atoms with Crippen LogP contribution >= 0.6 is 0 Å². The van der Waals surface area contributed by atoms with Gasteiger partial charge in [0.15, 0.2) is 11.5 Å². The van der Waals surface area contributed by atoms with Crippen molar-refractivity contribution < 1.29 is 22.7 Å². The lowest BCUT2D eigenvalue weighted by Crippen LogP contribution is -2.34. The van der Waals surface area contributed by atoms with Gasteiger partial charge in [-0.15, -0.1) is 0 Å². The summed E-state index contributed by atoms with van der Waals surface area (Å²) in [6.45, 7) is 2.84. The van der Waals surface area contributed by atoms with E-state index in [0.29, 0.717) is 48.1 Å². The average molecular weight is 388 g/mol. The van der Waals surface area contributed by atoms with Gasteiger partial charge in [0.1, 0.15) is 13.2 Å². The topological polar surface area (TPSA) is 84.9 Å². The fourth-order valence-corrected chi connectivity index (χ4v) is 4.84. The predicted molar refractivity (Wildman–Crippen MR) is 102 cm³/mol. The summed E-state index contributed by atoms with van der Waals surface area (Å²) in [4.78, 5) is 12.6. The van der Waals surface area contributed by atoms with Crippen LogP contribution < -0.4 is 19.1 Å². The smallest absolute Gasteiger partial charge is 0.255 e. The molecule has 0 aliphatic carbocycles. The SMILES string of the molecule is C[C@@H]1Cc2cc(C(=O)Nc3ccc4c(c3)OCCO4)ccc2N1S(C)(=O)=O. The Morgan fingerprint density at radius 1 is 1.11 bits per heavy atom. The Labute approximate surface area is 157 Å². The average Bonchev–Trinajstić information content (AvgIpc) is 2.96. The third-order valence-electron chi connectivity index (χ3n) is 4.65. The van der Waals surface area contributed by atoms with Crippen molar-refractivity contribution in [1.82, 2.24) is 0 Å². The Morgan fingerprint density at radius 2 is 1.85 bits per heavy atom. The number of ether oxygens (including phenoxy) is 2. The fraction of sp³-hybridized carbons (Fsp3) is 0.316. The number of hydrogen-bond donors (Lipinski definition) is 1. The zero-order valence-electron chi connectivity index (χ0n) is 15.1. The van der Waals surface area contributed by atoms with E-state index < -0.39 is 10.0 Å². The summed E-state index contributed by atoms with van der Waals surface area (Å²) in [5.41, 5.74) is 2.57. The number of nitrogens with zero attached hydrogens (tertiary/aromatic N) is 1. The van der Waals surface area contributed by atoms with Gasteiger partial charge in [-0.05, 0) is 49.2 Å². The molecule has 8 heteroatoms. The van der Waals surface area contributed by atoms with Gasteiger partial charge < -0.3 is 14.8 Å². The van der Waals surface area contributed by atoms with Crippen LogP contribution in [-0.2, 0) is 16.4 Å². The quantitative estimate of drug-likeness (QED) is 0.873. The lowest BCUT2D eigenvalue weighted by atomic mass is 10.1. The summed E-state index contributed by atoms with van der Waals surface area (Å²) in [7, 11) is -3.35. The van der Waals surface area contributed by atoms with Gasteiger partial charge in [-0.1, -0.05) is 0 Å². The molecule has 2 heterocycles. The molecule has 0 saturated heterocycles. The van der Waals surface area contributed by atoms with Gasteiger partial charge in [0.2, 0.25) is 10.0 Å². The van der Waals surface area contributed by atoms with Crippen molar-refractivity contribution in [2.24, 2.45) is 0 Å².